The van der Waals surface area contributed by atoms with Gasteiger partial charge in [-0.15, -0.1) is 0 Å². The van der Waals surface area contributed by atoms with Gasteiger partial charge < -0.3 is 14.2 Å². The molecular weight excluding hydrogens is 300 g/mol. The first kappa shape index (κ1) is 18.3. The molecule has 11 heteroatoms. The van der Waals surface area contributed by atoms with E-state index in [9.17, 15) is 22.8 Å². The van der Waals surface area contributed by atoms with Gasteiger partial charge in [-0.3, -0.25) is 14.1 Å². The van der Waals surface area contributed by atoms with Crippen LogP contribution in [0.4, 0.5) is 0 Å². The monoisotopic (exact) mass is 314 g/mol. The van der Waals surface area contributed by atoms with Crippen LogP contribution in [-0.2, 0) is 43.2 Å². The Bertz CT molecular complexity index is 461. The van der Waals surface area contributed by atoms with Gasteiger partial charge in [0.25, 0.3) is 0 Å². The number of methoxy groups -OCH3 is 3. The molecule has 116 valence electrons. The summed E-state index contributed by atoms with van der Waals surface area (Å²) >= 11 is 0. The zero-order valence-corrected chi connectivity index (χ0v) is 11.8. The van der Waals surface area contributed by atoms with Crippen molar-refractivity contribution in [1.82, 2.24) is 0 Å². The van der Waals surface area contributed by atoms with Gasteiger partial charge in [-0.25, -0.2) is 8.98 Å². The second-order valence-corrected chi connectivity index (χ2v) is 4.52. The molecule has 0 radical (unpaired) electrons. The van der Waals surface area contributed by atoms with E-state index >= 15 is 0 Å². The highest BCUT2D eigenvalue weighted by atomic mass is 32.3. The summed E-state index contributed by atoms with van der Waals surface area (Å²) in [5.74, 6) is -3.50. The molecule has 0 aliphatic rings. The summed E-state index contributed by atoms with van der Waals surface area (Å²) in [5, 5.41) is 0. The lowest BCUT2D eigenvalue weighted by molar-refractivity contribution is -0.171. The van der Waals surface area contributed by atoms with Crippen LogP contribution < -0.4 is 0 Å². The van der Waals surface area contributed by atoms with E-state index in [1.807, 2.05) is 0 Å². The van der Waals surface area contributed by atoms with Gasteiger partial charge in [0.2, 0.25) is 5.60 Å². The van der Waals surface area contributed by atoms with Crippen LogP contribution in [0.5, 0.6) is 0 Å². The third kappa shape index (κ3) is 5.50. The third-order valence-corrected chi connectivity index (χ3v) is 2.67. The van der Waals surface area contributed by atoms with E-state index < -0.39 is 46.7 Å². The molecule has 0 rings (SSSR count). The zero-order chi connectivity index (χ0) is 16.0. The number of rotatable bonds is 7. The van der Waals surface area contributed by atoms with Gasteiger partial charge in [0.05, 0.1) is 34.2 Å². The molecule has 10 nitrogen and oxygen atoms in total. The standard InChI is InChI=1S/C9H14O10S/c1-16-6(10)4-9(8(12)18-3,5-7(11)17-2)19-20(13,14)15/h4-5H2,1-3H3,(H,13,14,15). The maximum absolute atomic E-state index is 11.7. The summed E-state index contributed by atoms with van der Waals surface area (Å²) in [6.07, 6.45) is -1.96. The largest absolute Gasteiger partial charge is 0.469 e. The predicted molar refractivity (Wildman–Crippen MR) is 60.6 cm³/mol. The first-order chi connectivity index (χ1) is 9.10. The van der Waals surface area contributed by atoms with E-state index in [0.717, 1.165) is 21.3 Å². The summed E-state index contributed by atoms with van der Waals surface area (Å²) in [7, 11) is -2.35. The Morgan fingerprint density at radius 1 is 0.950 bits per heavy atom. The van der Waals surface area contributed by atoms with Crippen LogP contribution in [0, 0.1) is 0 Å². The minimum atomic E-state index is -5.16. The van der Waals surface area contributed by atoms with Crippen molar-refractivity contribution in [2.75, 3.05) is 21.3 Å². The summed E-state index contributed by atoms with van der Waals surface area (Å²) in [6, 6.07) is 0. The highest BCUT2D eigenvalue weighted by Gasteiger charge is 2.49. The molecule has 0 heterocycles. The number of esters is 3. The Balaban J connectivity index is 5.67. The van der Waals surface area contributed by atoms with Gasteiger partial charge in [0.15, 0.2) is 0 Å². The summed E-state index contributed by atoms with van der Waals surface area (Å²) in [5.41, 5.74) is -2.61. The lowest BCUT2D eigenvalue weighted by Crippen LogP contribution is -2.48. The molecule has 1 N–H and O–H groups in total. The van der Waals surface area contributed by atoms with Crippen LogP contribution >= 0.6 is 0 Å². The molecule has 0 aromatic heterocycles. The fraction of sp³-hybridized carbons (Fsp3) is 0.667. The highest BCUT2D eigenvalue weighted by Crippen LogP contribution is 2.26. The van der Waals surface area contributed by atoms with Crippen LogP contribution in [0.15, 0.2) is 0 Å². The minimum Gasteiger partial charge on any atom is -0.469 e. The summed E-state index contributed by atoms with van der Waals surface area (Å²) in [4.78, 5) is 34.2. The van der Waals surface area contributed by atoms with Crippen molar-refractivity contribution in [2.45, 2.75) is 18.4 Å². The molecule has 20 heavy (non-hydrogen) atoms. The zero-order valence-electron chi connectivity index (χ0n) is 10.9. The summed E-state index contributed by atoms with van der Waals surface area (Å²) < 4.78 is 47.4. The molecule has 0 fully saturated rings. The molecule has 0 bridgehead atoms. The molecule has 0 aliphatic heterocycles. The number of carbonyl (C=O) groups is 3. The molecule has 0 saturated carbocycles. The van der Waals surface area contributed by atoms with Crippen LogP contribution in [0.1, 0.15) is 12.8 Å². The Morgan fingerprint density at radius 3 is 1.60 bits per heavy atom. The minimum absolute atomic E-state index is 0.874. The van der Waals surface area contributed by atoms with Crippen LogP contribution in [-0.4, -0.2) is 57.8 Å². The molecular formula is C9H14O10S. The average Bonchev–Trinajstić information content (AvgIpc) is 2.34. The van der Waals surface area contributed by atoms with E-state index in [1.54, 1.807) is 0 Å². The van der Waals surface area contributed by atoms with Crippen LogP contribution in [0.25, 0.3) is 0 Å². The van der Waals surface area contributed by atoms with Crippen molar-refractivity contribution in [1.29, 1.82) is 0 Å². The van der Waals surface area contributed by atoms with Crippen molar-refractivity contribution < 1.29 is 45.7 Å². The molecule has 0 amide bonds. The molecule has 0 saturated heterocycles. The fourth-order valence-electron chi connectivity index (χ4n) is 1.30. The smallest absolute Gasteiger partial charge is 0.398 e. The van der Waals surface area contributed by atoms with Gasteiger partial charge in [0, 0.05) is 0 Å². The number of ether oxygens (including phenoxy) is 3. The lowest BCUT2D eigenvalue weighted by Gasteiger charge is -2.26. The van der Waals surface area contributed by atoms with E-state index in [-0.39, 0.29) is 0 Å². The van der Waals surface area contributed by atoms with Crippen molar-refractivity contribution >= 4 is 28.3 Å². The molecule has 0 atom stereocenters. The fourth-order valence-corrected chi connectivity index (χ4v) is 1.89. The van der Waals surface area contributed by atoms with E-state index in [0.29, 0.717) is 0 Å². The first-order valence-electron chi connectivity index (χ1n) is 5.00. The maximum Gasteiger partial charge on any atom is 0.398 e. The normalized spacial score (nSPS) is 11.6. The quantitative estimate of drug-likeness (QED) is 0.347. The average molecular weight is 314 g/mol. The van der Waals surface area contributed by atoms with Crippen molar-refractivity contribution in [3.8, 4) is 0 Å². The number of hydrogen-bond donors (Lipinski definition) is 1. The lowest BCUT2D eigenvalue weighted by atomic mass is 9.95. The first-order valence-corrected chi connectivity index (χ1v) is 6.37. The van der Waals surface area contributed by atoms with E-state index in [2.05, 4.69) is 18.4 Å². The van der Waals surface area contributed by atoms with Crippen LogP contribution in [0.3, 0.4) is 0 Å². The Kier molecular flexibility index (Phi) is 6.55. The topological polar surface area (TPSA) is 142 Å². The number of hydrogen-bond acceptors (Lipinski definition) is 9. The summed E-state index contributed by atoms with van der Waals surface area (Å²) in [6.45, 7) is 0. The van der Waals surface area contributed by atoms with Crippen molar-refractivity contribution in [3.05, 3.63) is 0 Å². The predicted octanol–water partition coefficient (Wildman–Crippen LogP) is -1.16. The molecule has 0 aromatic carbocycles. The van der Waals surface area contributed by atoms with Crippen LogP contribution in [0.2, 0.25) is 0 Å². The van der Waals surface area contributed by atoms with Gasteiger partial charge in [-0.2, -0.15) is 8.42 Å². The second-order valence-electron chi connectivity index (χ2n) is 3.50. The Hall–Kier alpha value is -1.72. The van der Waals surface area contributed by atoms with E-state index in [1.165, 1.54) is 0 Å². The van der Waals surface area contributed by atoms with Gasteiger partial charge in [-0.05, 0) is 0 Å². The Labute approximate surface area is 114 Å². The Morgan fingerprint density at radius 2 is 1.35 bits per heavy atom. The number of carbonyl (C=O) groups excluding carboxylic acids is 3. The third-order valence-electron chi connectivity index (χ3n) is 2.14. The van der Waals surface area contributed by atoms with Crippen molar-refractivity contribution in [2.24, 2.45) is 0 Å². The van der Waals surface area contributed by atoms with Gasteiger partial charge in [-0.1, -0.05) is 0 Å². The molecule has 0 aromatic rings. The second kappa shape index (κ2) is 7.17. The molecule has 0 spiro atoms. The van der Waals surface area contributed by atoms with Crippen molar-refractivity contribution in [3.63, 3.8) is 0 Å². The molecule has 0 unspecified atom stereocenters. The van der Waals surface area contributed by atoms with Gasteiger partial charge >= 0.3 is 28.3 Å². The maximum atomic E-state index is 11.7. The molecule has 0 aliphatic carbocycles. The SMILES string of the molecule is COC(=O)CC(CC(=O)OC)(OS(=O)(=O)O)C(=O)OC. The van der Waals surface area contributed by atoms with Gasteiger partial charge in [0.1, 0.15) is 0 Å². The van der Waals surface area contributed by atoms with E-state index in [4.69, 9.17) is 4.55 Å². The highest BCUT2D eigenvalue weighted by molar-refractivity contribution is 7.81.